The summed E-state index contributed by atoms with van der Waals surface area (Å²) >= 11 is 1.14. The summed E-state index contributed by atoms with van der Waals surface area (Å²) in [6.07, 6.45) is 0. The predicted molar refractivity (Wildman–Crippen MR) is 124 cm³/mol. The van der Waals surface area contributed by atoms with Gasteiger partial charge in [0.2, 0.25) is 5.91 Å². The van der Waals surface area contributed by atoms with Crippen LogP contribution in [0.2, 0.25) is 0 Å². The van der Waals surface area contributed by atoms with E-state index >= 15 is 0 Å². The van der Waals surface area contributed by atoms with Crippen molar-refractivity contribution in [3.8, 4) is 17.1 Å². The third-order valence-corrected chi connectivity index (χ3v) is 5.66. The molecule has 1 heterocycles. The van der Waals surface area contributed by atoms with E-state index in [1.165, 1.54) is 37.4 Å². The van der Waals surface area contributed by atoms with Gasteiger partial charge in [-0.15, -0.1) is 0 Å². The number of non-ortho nitro benzene ring substituents is 1. The van der Waals surface area contributed by atoms with Crippen LogP contribution in [0.3, 0.4) is 0 Å². The highest BCUT2D eigenvalue weighted by Crippen LogP contribution is 2.31. The number of ether oxygens (including phenoxy) is 1. The SMILES string of the molecule is COc1cc([N+](=O)[O-])ccc1NC(=O)CSc1nc(-c2ccccc2)nc2ccc(F)cc12. The number of rotatable bonds is 7. The molecule has 0 saturated heterocycles. The van der Waals surface area contributed by atoms with Gasteiger partial charge in [-0.05, 0) is 24.3 Å². The Labute approximate surface area is 192 Å². The lowest BCUT2D eigenvalue weighted by Gasteiger charge is -2.11. The van der Waals surface area contributed by atoms with Gasteiger partial charge in [0.15, 0.2) is 5.82 Å². The number of amides is 1. The van der Waals surface area contributed by atoms with Gasteiger partial charge in [-0.3, -0.25) is 14.9 Å². The molecule has 0 radical (unpaired) electrons. The zero-order valence-electron chi connectivity index (χ0n) is 17.3. The minimum absolute atomic E-state index is 0.0308. The fraction of sp³-hybridized carbons (Fsp3) is 0.0870. The molecule has 10 heteroatoms. The average Bonchev–Trinajstić information content (AvgIpc) is 2.83. The van der Waals surface area contributed by atoms with Crippen molar-refractivity contribution < 1.29 is 18.8 Å². The lowest BCUT2D eigenvalue weighted by atomic mass is 10.2. The standard InChI is InChI=1S/C23H17FN4O4S/c1-32-20-12-16(28(30)31)8-10-19(20)25-21(29)13-33-23-17-11-15(24)7-9-18(17)26-22(27-23)14-5-3-2-4-6-14/h2-12H,13H2,1H3,(H,25,29). The number of nitro benzene ring substituents is 1. The van der Waals surface area contributed by atoms with Crippen LogP contribution in [0.15, 0.2) is 71.8 Å². The zero-order valence-corrected chi connectivity index (χ0v) is 18.1. The van der Waals surface area contributed by atoms with Crippen LogP contribution in [0.1, 0.15) is 0 Å². The third-order valence-electron chi connectivity index (χ3n) is 4.66. The molecule has 0 saturated carbocycles. The minimum Gasteiger partial charge on any atom is -0.494 e. The van der Waals surface area contributed by atoms with E-state index in [9.17, 15) is 19.3 Å². The summed E-state index contributed by atoms with van der Waals surface area (Å²) in [7, 11) is 1.36. The second-order valence-electron chi connectivity index (χ2n) is 6.86. The molecule has 4 aromatic rings. The van der Waals surface area contributed by atoms with Crippen LogP contribution in [0.25, 0.3) is 22.3 Å². The third kappa shape index (κ3) is 5.07. The quantitative estimate of drug-likeness (QED) is 0.176. The van der Waals surface area contributed by atoms with Crippen molar-refractivity contribution >= 4 is 39.9 Å². The lowest BCUT2D eigenvalue weighted by Crippen LogP contribution is -2.15. The normalized spacial score (nSPS) is 10.7. The number of nitrogens with one attached hydrogen (secondary N) is 1. The Bertz CT molecular complexity index is 1350. The van der Waals surface area contributed by atoms with E-state index in [0.29, 0.717) is 27.4 Å². The molecule has 1 N–H and O–H groups in total. The summed E-state index contributed by atoms with van der Waals surface area (Å²) in [5.74, 6) is -0.202. The van der Waals surface area contributed by atoms with Gasteiger partial charge in [0.1, 0.15) is 16.6 Å². The summed E-state index contributed by atoms with van der Waals surface area (Å²) in [4.78, 5) is 32.1. The summed E-state index contributed by atoms with van der Waals surface area (Å²) in [6.45, 7) is 0. The van der Waals surface area contributed by atoms with Crippen molar-refractivity contribution in [2.24, 2.45) is 0 Å². The number of thioether (sulfide) groups is 1. The Balaban J connectivity index is 1.58. The van der Waals surface area contributed by atoms with Crippen molar-refractivity contribution in [2.75, 3.05) is 18.2 Å². The minimum atomic E-state index is -0.548. The molecule has 0 bridgehead atoms. The number of methoxy groups -OCH3 is 1. The first kappa shape index (κ1) is 22.2. The zero-order chi connectivity index (χ0) is 23.4. The monoisotopic (exact) mass is 464 g/mol. The number of aromatic nitrogens is 2. The lowest BCUT2D eigenvalue weighted by molar-refractivity contribution is -0.384. The predicted octanol–water partition coefficient (Wildman–Crippen LogP) is 5.08. The van der Waals surface area contributed by atoms with Crippen molar-refractivity contribution in [3.63, 3.8) is 0 Å². The molecule has 0 aliphatic rings. The van der Waals surface area contributed by atoms with E-state index < -0.39 is 10.7 Å². The Morgan fingerprint density at radius 3 is 2.64 bits per heavy atom. The van der Waals surface area contributed by atoms with Gasteiger partial charge in [0, 0.05) is 17.0 Å². The molecule has 33 heavy (non-hydrogen) atoms. The maximum atomic E-state index is 13.9. The summed E-state index contributed by atoms with van der Waals surface area (Å²) in [5.41, 5.74) is 1.51. The molecule has 8 nitrogen and oxygen atoms in total. The van der Waals surface area contributed by atoms with E-state index in [0.717, 1.165) is 17.3 Å². The van der Waals surface area contributed by atoms with Gasteiger partial charge in [-0.1, -0.05) is 42.1 Å². The molecule has 4 rings (SSSR count). The van der Waals surface area contributed by atoms with E-state index in [1.54, 1.807) is 6.07 Å². The van der Waals surface area contributed by atoms with Gasteiger partial charge in [-0.2, -0.15) is 0 Å². The van der Waals surface area contributed by atoms with Crippen molar-refractivity contribution in [1.29, 1.82) is 0 Å². The fourth-order valence-electron chi connectivity index (χ4n) is 3.12. The van der Waals surface area contributed by atoms with Gasteiger partial charge in [-0.25, -0.2) is 14.4 Å². The van der Waals surface area contributed by atoms with E-state index in [1.807, 2.05) is 30.3 Å². The molecule has 0 aliphatic carbocycles. The summed E-state index contributed by atoms with van der Waals surface area (Å²) in [5, 5.41) is 14.6. The van der Waals surface area contributed by atoms with Gasteiger partial charge in [0.05, 0.1) is 35.1 Å². The first-order valence-corrected chi connectivity index (χ1v) is 10.7. The summed E-state index contributed by atoms with van der Waals surface area (Å²) in [6, 6.07) is 17.5. The van der Waals surface area contributed by atoms with E-state index in [2.05, 4.69) is 15.3 Å². The van der Waals surface area contributed by atoms with Crippen LogP contribution in [0.4, 0.5) is 15.8 Å². The first-order valence-electron chi connectivity index (χ1n) is 9.72. The van der Waals surface area contributed by atoms with Crippen LogP contribution in [-0.4, -0.2) is 33.7 Å². The second kappa shape index (κ2) is 9.61. The molecule has 3 aromatic carbocycles. The maximum absolute atomic E-state index is 13.9. The number of fused-ring (bicyclic) bond motifs is 1. The number of nitro groups is 1. The number of anilines is 1. The Hall–Kier alpha value is -4.05. The van der Waals surface area contributed by atoms with Crippen molar-refractivity contribution in [2.45, 2.75) is 5.03 Å². The second-order valence-corrected chi connectivity index (χ2v) is 7.82. The molecule has 0 unspecified atom stereocenters. The number of hydrogen-bond acceptors (Lipinski definition) is 7. The molecular formula is C23H17FN4O4S. The fourth-order valence-corrected chi connectivity index (χ4v) is 3.93. The number of benzene rings is 3. The molecule has 166 valence electrons. The number of nitrogens with zero attached hydrogens (tertiary/aromatic N) is 3. The Morgan fingerprint density at radius 1 is 1.12 bits per heavy atom. The largest absolute Gasteiger partial charge is 0.494 e. The molecule has 0 fully saturated rings. The highest BCUT2D eigenvalue weighted by molar-refractivity contribution is 8.00. The van der Waals surface area contributed by atoms with Crippen LogP contribution >= 0.6 is 11.8 Å². The number of halogens is 1. The first-order chi connectivity index (χ1) is 15.9. The molecule has 0 atom stereocenters. The van der Waals surface area contributed by atoms with Crippen LogP contribution in [0.5, 0.6) is 5.75 Å². The van der Waals surface area contributed by atoms with Gasteiger partial charge in [0.25, 0.3) is 5.69 Å². The number of hydrogen-bond donors (Lipinski definition) is 1. The maximum Gasteiger partial charge on any atom is 0.273 e. The van der Waals surface area contributed by atoms with E-state index in [-0.39, 0.29) is 23.1 Å². The van der Waals surface area contributed by atoms with Crippen LogP contribution in [0, 0.1) is 15.9 Å². The Kier molecular flexibility index (Phi) is 6.45. The van der Waals surface area contributed by atoms with Crippen LogP contribution < -0.4 is 10.1 Å². The number of carbonyl (C=O) groups excluding carboxylic acids is 1. The van der Waals surface area contributed by atoms with Crippen LogP contribution in [-0.2, 0) is 4.79 Å². The topological polar surface area (TPSA) is 107 Å². The Morgan fingerprint density at radius 2 is 1.91 bits per heavy atom. The summed E-state index contributed by atoms with van der Waals surface area (Å²) < 4.78 is 19.0. The van der Waals surface area contributed by atoms with E-state index in [4.69, 9.17) is 4.74 Å². The molecule has 1 aromatic heterocycles. The molecule has 1 amide bonds. The highest BCUT2D eigenvalue weighted by Gasteiger charge is 2.16. The average molecular weight is 464 g/mol. The van der Waals surface area contributed by atoms with Crippen molar-refractivity contribution in [3.05, 3.63) is 82.7 Å². The highest BCUT2D eigenvalue weighted by atomic mass is 32.2. The molecule has 0 aliphatic heterocycles. The van der Waals surface area contributed by atoms with Crippen molar-refractivity contribution in [1.82, 2.24) is 9.97 Å². The molecule has 0 spiro atoms. The van der Waals surface area contributed by atoms with Gasteiger partial charge < -0.3 is 10.1 Å². The number of carbonyl (C=O) groups is 1. The smallest absolute Gasteiger partial charge is 0.273 e. The van der Waals surface area contributed by atoms with Gasteiger partial charge >= 0.3 is 0 Å². The molecular weight excluding hydrogens is 447 g/mol.